The fraction of sp³-hybridized carbons (Fsp3) is 0.250. The Morgan fingerprint density at radius 3 is 1.87 bits per heavy atom. The zero-order valence-corrected chi connectivity index (χ0v) is 8.68. The number of rotatable bonds is 2. The first kappa shape index (κ1) is 13.8. The summed E-state index contributed by atoms with van der Waals surface area (Å²) >= 11 is 0. The molecule has 0 fully saturated rings. The second-order valence-corrected chi connectivity index (χ2v) is 3.55. The Labute approximate surface area is 87.9 Å². The highest BCUT2D eigenvalue weighted by Gasteiger charge is 1.89. The van der Waals surface area contributed by atoms with E-state index in [1.165, 1.54) is 5.56 Å². The van der Waals surface area contributed by atoms with Crippen LogP contribution in [0.1, 0.15) is 5.56 Å². The molecule has 15 heavy (non-hydrogen) atoms. The third-order valence-corrected chi connectivity index (χ3v) is 1.37. The molecule has 86 valence electrons. The molecule has 0 heterocycles. The van der Waals surface area contributed by atoms with Gasteiger partial charge in [0.05, 0.1) is 0 Å². The lowest BCUT2D eigenvalue weighted by atomic mass is 10.1. The van der Waals surface area contributed by atoms with Gasteiger partial charge in [0.15, 0.2) is 0 Å². The number of phenolic OH excluding ortho intramolecular Hbond substituents is 1. The number of phenols is 1. The van der Waals surface area contributed by atoms with Crippen LogP contribution in [0, 0.1) is 0 Å². The highest BCUT2D eigenvalue weighted by molar-refractivity contribution is 7.79. The zero-order valence-electron chi connectivity index (χ0n) is 7.87. The van der Waals surface area contributed by atoms with Gasteiger partial charge in [-0.15, -0.1) is 0 Å². The summed E-state index contributed by atoms with van der Waals surface area (Å²) in [7, 11) is -4.67. The van der Waals surface area contributed by atoms with Gasteiger partial charge in [-0.2, -0.15) is 8.42 Å². The molecule has 0 spiro atoms. The Morgan fingerprint density at radius 2 is 1.53 bits per heavy atom. The summed E-state index contributed by atoms with van der Waals surface area (Å²) in [6.07, 6.45) is 0.875. The fourth-order valence-corrected chi connectivity index (χ4v) is 0.829. The van der Waals surface area contributed by atoms with Crippen LogP contribution in [0.5, 0.6) is 5.75 Å². The number of hydrogen-bond acceptors (Lipinski definition) is 4. The summed E-state index contributed by atoms with van der Waals surface area (Å²) in [6.45, 7) is 0.658. The van der Waals surface area contributed by atoms with Crippen LogP contribution in [0.3, 0.4) is 0 Å². The normalized spacial score (nSPS) is 10.3. The largest absolute Gasteiger partial charge is 0.508 e. The van der Waals surface area contributed by atoms with E-state index in [2.05, 4.69) is 0 Å². The van der Waals surface area contributed by atoms with Crippen molar-refractivity contribution in [3.05, 3.63) is 29.8 Å². The van der Waals surface area contributed by atoms with E-state index in [0.717, 1.165) is 6.42 Å². The molecule has 0 saturated heterocycles. The maximum Gasteiger partial charge on any atom is 0.394 e. The SMILES string of the molecule is NCCc1ccc(O)cc1.O=S(=O)(O)O. The zero-order chi connectivity index (χ0) is 11.9. The minimum absolute atomic E-state index is 0.306. The molecule has 0 bridgehead atoms. The molecule has 7 heteroatoms. The van der Waals surface area contributed by atoms with Gasteiger partial charge >= 0.3 is 10.4 Å². The predicted molar refractivity (Wildman–Crippen MR) is 55.0 cm³/mol. The Morgan fingerprint density at radius 1 is 1.13 bits per heavy atom. The van der Waals surface area contributed by atoms with Crippen molar-refractivity contribution in [2.24, 2.45) is 5.73 Å². The third-order valence-electron chi connectivity index (χ3n) is 1.37. The first-order valence-corrected chi connectivity index (χ1v) is 5.40. The molecule has 0 aromatic heterocycles. The van der Waals surface area contributed by atoms with E-state index >= 15 is 0 Å². The smallest absolute Gasteiger partial charge is 0.394 e. The molecule has 0 amide bonds. The second-order valence-electron chi connectivity index (χ2n) is 2.65. The minimum atomic E-state index is -4.67. The van der Waals surface area contributed by atoms with Crippen molar-refractivity contribution in [2.75, 3.05) is 6.54 Å². The average Bonchev–Trinajstić information content (AvgIpc) is 2.06. The molecule has 0 aliphatic heterocycles. The quantitative estimate of drug-likeness (QED) is 0.545. The summed E-state index contributed by atoms with van der Waals surface area (Å²) in [4.78, 5) is 0. The Kier molecular flexibility index (Phi) is 5.87. The van der Waals surface area contributed by atoms with Crippen LogP contribution < -0.4 is 5.73 Å². The van der Waals surface area contributed by atoms with Crippen LogP contribution in [0.15, 0.2) is 24.3 Å². The summed E-state index contributed by atoms with van der Waals surface area (Å²) in [5.74, 6) is 0.306. The monoisotopic (exact) mass is 235 g/mol. The Bertz CT molecular complexity index is 365. The predicted octanol–water partition coefficient (Wildman–Crippen LogP) is 0.241. The van der Waals surface area contributed by atoms with Crippen molar-refractivity contribution >= 4 is 10.4 Å². The van der Waals surface area contributed by atoms with Crippen molar-refractivity contribution in [1.29, 1.82) is 0 Å². The van der Waals surface area contributed by atoms with Crippen LogP contribution in [0.25, 0.3) is 0 Å². The van der Waals surface area contributed by atoms with Gasteiger partial charge in [0.25, 0.3) is 0 Å². The molecule has 6 nitrogen and oxygen atoms in total. The lowest BCUT2D eigenvalue weighted by molar-refractivity contribution is 0.381. The number of benzene rings is 1. The summed E-state index contributed by atoms with van der Waals surface area (Å²) in [6, 6.07) is 7.10. The molecule has 0 unspecified atom stereocenters. The van der Waals surface area contributed by atoms with Crippen LogP contribution in [0.4, 0.5) is 0 Å². The van der Waals surface area contributed by atoms with Gasteiger partial charge in [-0.05, 0) is 30.7 Å². The van der Waals surface area contributed by atoms with Gasteiger partial charge in [0.1, 0.15) is 5.75 Å². The highest BCUT2D eigenvalue weighted by Crippen LogP contribution is 2.09. The van der Waals surface area contributed by atoms with Gasteiger partial charge in [-0.3, -0.25) is 9.11 Å². The number of nitrogens with two attached hydrogens (primary N) is 1. The van der Waals surface area contributed by atoms with Gasteiger partial charge in [-0.25, -0.2) is 0 Å². The van der Waals surface area contributed by atoms with Crippen molar-refractivity contribution in [3.63, 3.8) is 0 Å². The third kappa shape index (κ3) is 10.8. The number of aromatic hydroxyl groups is 1. The van der Waals surface area contributed by atoms with E-state index < -0.39 is 10.4 Å². The Hall–Kier alpha value is -1.15. The van der Waals surface area contributed by atoms with E-state index in [-0.39, 0.29) is 0 Å². The van der Waals surface area contributed by atoms with E-state index in [1.54, 1.807) is 12.1 Å². The fourth-order valence-electron chi connectivity index (χ4n) is 0.829. The average molecular weight is 235 g/mol. The van der Waals surface area contributed by atoms with Crippen LogP contribution in [-0.4, -0.2) is 29.2 Å². The maximum atomic E-state index is 8.89. The van der Waals surface area contributed by atoms with E-state index in [1.807, 2.05) is 12.1 Å². The molecule has 0 atom stereocenters. The van der Waals surface area contributed by atoms with Crippen LogP contribution in [0.2, 0.25) is 0 Å². The van der Waals surface area contributed by atoms with Gasteiger partial charge in [0, 0.05) is 0 Å². The minimum Gasteiger partial charge on any atom is -0.508 e. The number of hydrogen-bond donors (Lipinski definition) is 4. The standard InChI is InChI=1S/C8H11NO.H2O4S/c9-6-5-7-1-3-8(10)4-2-7;1-5(2,3)4/h1-4,10H,5-6,9H2;(H2,1,2,3,4). The molecule has 0 saturated carbocycles. The lowest BCUT2D eigenvalue weighted by Gasteiger charge is -1.96. The molecule has 0 aliphatic rings. The van der Waals surface area contributed by atoms with Crippen LogP contribution in [-0.2, 0) is 16.8 Å². The van der Waals surface area contributed by atoms with Gasteiger partial charge < -0.3 is 10.8 Å². The summed E-state index contributed by atoms with van der Waals surface area (Å²) in [5.41, 5.74) is 6.50. The van der Waals surface area contributed by atoms with E-state index in [0.29, 0.717) is 12.3 Å². The van der Waals surface area contributed by atoms with Gasteiger partial charge in [-0.1, -0.05) is 12.1 Å². The molecule has 1 aromatic rings. The first-order chi connectivity index (χ1) is 6.83. The molecule has 0 aliphatic carbocycles. The molecular weight excluding hydrogens is 222 g/mol. The van der Waals surface area contributed by atoms with Crippen molar-refractivity contribution in [1.82, 2.24) is 0 Å². The summed E-state index contributed by atoms with van der Waals surface area (Å²) < 4.78 is 31.6. The first-order valence-electron chi connectivity index (χ1n) is 4.01. The second kappa shape index (κ2) is 6.36. The Balaban J connectivity index is 0.000000336. The van der Waals surface area contributed by atoms with Gasteiger partial charge in [0.2, 0.25) is 0 Å². The highest BCUT2D eigenvalue weighted by atomic mass is 32.3. The molecule has 1 aromatic carbocycles. The molecular formula is C8H13NO5S. The lowest BCUT2D eigenvalue weighted by Crippen LogP contribution is -2.01. The molecule has 0 radical (unpaired) electrons. The topological polar surface area (TPSA) is 121 Å². The van der Waals surface area contributed by atoms with Crippen molar-refractivity contribution < 1.29 is 22.6 Å². The maximum absolute atomic E-state index is 8.89. The van der Waals surface area contributed by atoms with Crippen molar-refractivity contribution in [2.45, 2.75) is 6.42 Å². The van der Waals surface area contributed by atoms with E-state index in [9.17, 15) is 0 Å². The van der Waals surface area contributed by atoms with E-state index in [4.69, 9.17) is 28.4 Å². The molecule has 1 rings (SSSR count). The van der Waals surface area contributed by atoms with Crippen LogP contribution >= 0.6 is 0 Å². The van der Waals surface area contributed by atoms with Crippen molar-refractivity contribution in [3.8, 4) is 5.75 Å². The summed E-state index contributed by atoms with van der Waals surface area (Å²) in [5, 5.41) is 8.89. The molecule has 5 N–H and O–H groups in total.